The number of aliphatic hydroxyl groups is 1. The number of aliphatic hydroxyl groups excluding tert-OH is 1. The van der Waals surface area contributed by atoms with Gasteiger partial charge in [0.05, 0.1) is 22.2 Å². The third-order valence-electron chi connectivity index (χ3n) is 2.04. The fourth-order valence-corrected chi connectivity index (χ4v) is 1.59. The molecular weight excluding hydrogens is 288 g/mol. The van der Waals surface area contributed by atoms with E-state index < -0.39 is 30.3 Å². The Bertz CT molecular complexity index is 495. The zero-order valence-electron chi connectivity index (χ0n) is 8.78. The van der Waals surface area contributed by atoms with Crippen molar-refractivity contribution < 1.29 is 24.2 Å². The molecular formula is C10H8Cl2FNO4. The lowest BCUT2D eigenvalue weighted by atomic mass is 10.2. The number of carboxylic acids is 1. The lowest BCUT2D eigenvalue weighted by molar-refractivity contribution is -0.140. The minimum Gasteiger partial charge on any atom is -0.480 e. The van der Waals surface area contributed by atoms with Gasteiger partial charge in [-0.05, 0) is 12.1 Å². The van der Waals surface area contributed by atoms with Gasteiger partial charge in [0.15, 0.2) is 6.04 Å². The molecule has 1 rings (SSSR count). The van der Waals surface area contributed by atoms with Crippen LogP contribution in [-0.2, 0) is 4.79 Å². The Morgan fingerprint density at radius 2 is 1.94 bits per heavy atom. The maximum absolute atomic E-state index is 13.2. The number of amides is 1. The summed E-state index contributed by atoms with van der Waals surface area (Å²) in [6.07, 6.45) is 0. The number of halogens is 3. The van der Waals surface area contributed by atoms with Gasteiger partial charge in [-0.2, -0.15) is 0 Å². The molecule has 1 atom stereocenters. The van der Waals surface area contributed by atoms with Gasteiger partial charge in [0.2, 0.25) is 0 Å². The molecule has 0 unspecified atom stereocenters. The summed E-state index contributed by atoms with van der Waals surface area (Å²) < 4.78 is 13.2. The summed E-state index contributed by atoms with van der Waals surface area (Å²) in [5, 5.41) is 19.0. The number of hydrogen-bond acceptors (Lipinski definition) is 3. The summed E-state index contributed by atoms with van der Waals surface area (Å²) in [5.41, 5.74) is -0.265. The second kappa shape index (κ2) is 5.99. The molecule has 0 saturated heterocycles. The van der Waals surface area contributed by atoms with Crippen LogP contribution in [0.2, 0.25) is 10.0 Å². The Hall–Kier alpha value is -1.37. The number of hydrogen-bond donors (Lipinski definition) is 3. The van der Waals surface area contributed by atoms with E-state index in [2.05, 4.69) is 0 Å². The van der Waals surface area contributed by atoms with E-state index in [1.165, 1.54) is 0 Å². The normalized spacial score (nSPS) is 12.0. The molecule has 0 aliphatic rings. The van der Waals surface area contributed by atoms with Crippen LogP contribution < -0.4 is 5.32 Å². The highest BCUT2D eigenvalue weighted by Gasteiger charge is 2.21. The van der Waals surface area contributed by atoms with E-state index in [1.54, 1.807) is 0 Å². The summed E-state index contributed by atoms with van der Waals surface area (Å²) in [4.78, 5) is 22.2. The maximum Gasteiger partial charge on any atom is 0.328 e. The highest BCUT2D eigenvalue weighted by molar-refractivity contribution is 6.36. The monoisotopic (exact) mass is 295 g/mol. The SMILES string of the molecule is O=C(N[C@@H](CO)C(=O)O)c1cc(F)c(Cl)cc1Cl. The number of nitrogens with one attached hydrogen (secondary N) is 1. The molecule has 18 heavy (non-hydrogen) atoms. The largest absolute Gasteiger partial charge is 0.480 e. The van der Waals surface area contributed by atoms with Crippen LogP contribution in [0.15, 0.2) is 12.1 Å². The van der Waals surface area contributed by atoms with E-state index >= 15 is 0 Å². The minimum atomic E-state index is -1.49. The zero-order valence-corrected chi connectivity index (χ0v) is 10.3. The first-order valence-electron chi connectivity index (χ1n) is 4.66. The van der Waals surface area contributed by atoms with E-state index in [4.69, 9.17) is 33.4 Å². The van der Waals surface area contributed by atoms with Crippen molar-refractivity contribution in [2.75, 3.05) is 6.61 Å². The predicted molar refractivity (Wildman–Crippen MR) is 62.4 cm³/mol. The summed E-state index contributed by atoms with van der Waals surface area (Å²) >= 11 is 11.1. The Morgan fingerprint density at radius 1 is 1.33 bits per heavy atom. The highest BCUT2D eigenvalue weighted by Crippen LogP contribution is 2.24. The molecule has 0 radical (unpaired) electrons. The summed E-state index contributed by atoms with van der Waals surface area (Å²) in [6, 6.07) is 0.325. The number of carbonyl (C=O) groups is 2. The van der Waals surface area contributed by atoms with Gasteiger partial charge in [0, 0.05) is 0 Å². The molecule has 0 fully saturated rings. The molecule has 0 bridgehead atoms. The van der Waals surface area contributed by atoms with Crippen LogP contribution in [0, 0.1) is 5.82 Å². The lowest BCUT2D eigenvalue weighted by Crippen LogP contribution is -2.43. The van der Waals surface area contributed by atoms with Gasteiger partial charge in [-0.25, -0.2) is 9.18 Å². The summed E-state index contributed by atoms with van der Waals surface area (Å²) in [5.74, 6) is -3.20. The van der Waals surface area contributed by atoms with Crippen molar-refractivity contribution in [3.05, 3.63) is 33.6 Å². The lowest BCUT2D eigenvalue weighted by Gasteiger charge is -2.12. The van der Waals surface area contributed by atoms with Crippen LogP contribution in [0.5, 0.6) is 0 Å². The second-order valence-electron chi connectivity index (χ2n) is 3.29. The van der Waals surface area contributed by atoms with Crippen molar-refractivity contribution in [1.29, 1.82) is 0 Å². The molecule has 0 heterocycles. The maximum atomic E-state index is 13.2. The molecule has 0 aromatic heterocycles. The molecule has 8 heteroatoms. The van der Waals surface area contributed by atoms with Gasteiger partial charge in [-0.3, -0.25) is 4.79 Å². The third kappa shape index (κ3) is 3.32. The van der Waals surface area contributed by atoms with Gasteiger partial charge in [0.1, 0.15) is 5.82 Å². The molecule has 0 spiro atoms. The first-order chi connectivity index (χ1) is 8.36. The summed E-state index contributed by atoms with van der Waals surface area (Å²) in [7, 11) is 0. The van der Waals surface area contributed by atoms with Gasteiger partial charge < -0.3 is 15.5 Å². The third-order valence-corrected chi connectivity index (χ3v) is 2.64. The average molecular weight is 296 g/mol. The van der Waals surface area contributed by atoms with Gasteiger partial charge in [-0.1, -0.05) is 23.2 Å². The number of benzene rings is 1. The molecule has 3 N–H and O–H groups in total. The van der Waals surface area contributed by atoms with Crippen LogP contribution in [0.4, 0.5) is 4.39 Å². The Labute approximate surface area is 111 Å². The van der Waals surface area contributed by atoms with Crippen LogP contribution in [0.25, 0.3) is 0 Å². The van der Waals surface area contributed by atoms with Crippen molar-refractivity contribution in [2.24, 2.45) is 0 Å². The number of carboxylic acid groups (broad SMARTS) is 1. The average Bonchev–Trinajstić information content (AvgIpc) is 2.29. The van der Waals surface area contributed by atoms with Crippen LogP contribution in [-0.4, -0.2) is 34.7 Å². The standard InChI is InChI=1S/C10H8Cl2FNO4/c11-5-2-6(12)7(13)1-4(5)9(16)14-8(3-15)10(17)18/h1-2,8,15H,3H2,(H,14,16)(H,17,18)/t8-/m0/s1. The molecule has 5 nitrogen and oxygen atoms in total. The number of carbonyl (C=O) groups excluding carboxylic acids is 1. The van der Waals surface area contributed by atoms with E-state index in [9.17, 15) is 14.0 Å². The van der Waals surface area contributed by atoms with E-state index in [0.717, 1.165) is 12.1 Å². The Morgan fingerprint density at radius 3 is 2.44 bits per heavy atom. The van der Waals surface area contributed by atoms with Crippen molar-refractivity contribution in [1.82, 2.24) is 5.32 Å². The highest BCUT2D eigenvalue weighted by atomic mass is 35.5. The molecule has 1 amide bonds. The first kappa shape index (κ1) is 14.7. The minimum absolute atomic E-state index is 0.124. The Kier molecular flexibility index (Phi) is 4.89. The zero-order chi connectivity index (χ0) is 13.9. The molecule has 1 aromatic carbocycles. The number of rotatable bonds is 4. The van der Waals surface area contributed by atoms with E-state index in [0.29, 0.717) is 0 Å². The van der Waals surface area contributed by atoms with Crippen LogP contribution >= 0.6 is 23.2 Å². The molecule has 0 saturated carbocycles. The van der Waals surface area contributed by atoms with E-state index in [1.807, 2.05) is 5.32 Å². The van der Waals surface area contributed by atoms with Gasteiger partial charge in [-0.15, -0.1) is 0 Å². The molecule has 0 aliphatic heterocycles. The summed E-state index contributed by atoms with van der Waals surface area (Å²) in [6.45, 7) is -0.797. The molecule has 0 aliphatic carbocycles. The van der Waals surface area contributed by atoms with Crippen LogP contribution in [0.3, 0.4) is 0 Å². The predicted octanol–water partition coefficient (Wildman–Crippen LogP) is 1.31. The van der Waals surface area contributed by atoms with Crippen molar-refractivity contribution in [2.45, 2.75) is 6.04 Å². The van der Waals surface area contributed by atoms with Gasteiger partial charge in [0.25, 0.3) is 5.91 Å². The molecule has 1 aromatic rings. The fraction of sp³-hybridized carbons (Fsp3) is 0.200. The van der Waals surface area contributed by atoms with Crippen molar-refractivity contribution in [3.8, 4) is 0 Å². The van der Waals surface area contributed by atoms with Crippen LogP contribution in [0.1, 0.15) is 10.4 Å². The topological polar surface area (TPSA) is 86.6 Å². The molecule has 98 valence electrons. The Balaban J connectivity index is 2.97. The second-order valence-corrected chi connectivity index (χ2v) is 4.11. The first-order valence-corrected chi connectivity index (χ1v) is 5.41. The fourth-order valence-electron chi connectivity index (χ4n) is 1.12. The van der Waals surface area contributed by atoms with Gasteiger partial charge >= 0.3 is 5.97 Å². The van der Waals surface area contributed by atoms with E-state index in [-0.39, 0.29) is 15.6 Å². The number of aliphatic carboxylic acids is 1. The van der Waals surface area contributed by atoms with Crippen molar-refractivity contribution >= 4 is 35.1 Å². The van der Waals surface area contributed by atoms with Crippen molar-refractivity contribution in [3.63, 3.8) is 0 Å². The smallest absolute Gasteiger partial charge is 0.328 e. The quantitative estimate of drug-likeness (QED) is 0.731.